The van der Waals surface area contributed by atoms with Gasteiger partial charge in [-0.1, -0.05) is 24.3 Å². The van der Waals surface area contributed by atoms with E-state index in [1.807, 2.05) is 32.0 Å². The van der Waals surface area contributed by atoms with Gasteiger partial charge in [0.2, 0.25) is 0 Å². The summed E-state index contributed by atoms with van der Waals surface area (Å²) in [5, 5.41) is 9.43. The summed E-state index contributed by atoms with van der Waals surface area (Å²) in [6.07, 6.45) is 1.66. The molecule has 0 aliphatic carbocycles. The van der Waals surface area contributed by atoms with Crippen LogP contribution in [0.15, 0.2) is 42.6 Å². The van der Waals surface area contributed by atoms with Crippen LogP contribution in [-0.2, 0) is 0 Å². The lowest BCUT2D eigenvalue weighted by atomic mass is 10.1. The number of pyridine rings is 1. The number of para-hydroxylation sites is 1. The van der Waals surface area contributed by atoms with Crippen molar-refractivity contribution in [1.82, 2.24) is 9.38 Å². The first-order valence-electron chi connectivity index (χ1n) is 6.52. The summed E-state index contributed by atoms with van der Waals surface area (Å²) >= 11 is 0. The van der Waals surface area contributed by atoms with Crippen LogP contribution in [0.25, 0.3) is 5.65 Å². The molecule has 21 heavy (non-hydrogen) atoms. The average Bonchev–Trinajstić information content (AvgIpc) is 2.81. The Morgan fingerprint density at radius 1 is 1.14 bits per heavy atom. The number of benzene rings is 1. The van der Waals surface area contributed by atoms with Gasteiger partial charge in [-0.15, -0.1) is 0 Å². The molecule has 0 bridgehead atoms. The Bertz CT molecular complexity index is 816. The predicted octanol–water partition coefficient (Wildman–Crippen LogP) is 3.44. The van der Waals surface area contributed by atoms with Crippen LogP contribution in [0.3, 0.4) is 0 Å². The van der Waals surface area contributed by atoms with Gasteiger partial charge in [-0.3, -0.25) is 4.40 Å². The third kappa shape index (κ3) is 2.23. The molecule has 2 heterocycles. The molecule has 106 valence electrons. The molecule has 3 aromatic rings. The fourth-order valence-corrected chi connectivity index (χ4v) is 2.30. The first kappa shape index (κ1) is 13.2. The summed E-state index contributed by atoms with van der Waals surface area (Å²) in [6.45, 7) is 3.83. The molecule has 1 N–H and O–H groups in total. The van der Waals surface area contributed by atoms with Gasteiger partial charge >= 0.3 is 5.97 Å². The van der Waals surface area contributed by atoms with Crippen molar-refractivity contribution >= 4 is 11.6 Å². The SMILES string of the molecule is Cc1cccc(C)c1Oc1nc2ccccn2c1C(=O)O. The highest BCUT2D eigenvalue weighted by atomic mass is 16.5. The van der Waals surface area contributed by atoms with E-state index in [1.54, 1.807) is 24.4 Å². The van der Waals surface area contributed by atoms with Gasteiger partial charge in [0.25, 0.3) is 5.88 Å². The quantitative estimate of drug-likeness (QED) is 0.799. The highest BCUT2D eigenvalue weighted by molar-refractivity contribution is 5.90. The maximum atomic E-state index is 11.5. The first-order chi connectivity index (χ1) is 10.1. The van der Waals surface area contributed by atoms with Gasteiger partial charge in [0.15, 0.2) is 5.69 Å². The van der Waals surface area contributed by atoms with Crippen molar-refractivity contribution in [2.45, 2.75) is 13.8 Å². The van der Waals surface area contributed by atoms with E-state index < -0.39 is 5.97 Å². The number of rotatable bonds is 3. The van der Waals surface area contributed by atoms with Crippen LogP contribution in [-0.4, -0.2) is 20.5 Å². The van der Waals surface area contributed by atoms with Crippen molar-refractivity contribution in [3.8, 4) is 11.6 Å². The number of aromatic carboxylic acids is 1. The molecule has 1 aromatic carbocycles. The highest BCUT2D eigenvalue weighted by Gasteiger charge is 2.21. The van der Waals surface area contributed by atoms with Crippen LogP contribution in [0.2, 0.25) is 0 Å². The molecule has 0 aliphatic heterocycles. The average molecular weight is 282 g/mol. The zero-order valence-corrected chi connectivity index (χ0v) is 11.7. The molecule has 0 radical (unpaired) electrons. The number of aromatic nitrogens is 2. The largest absolute Gasteiger partial charge is 0.476 e. The number of aryl methyl sites for hydroxylation is 2. The third-order valence-corrected chi connectivity index (χ3v) is 3.31. The molecular formula is C16H14N2O3. The van der Waals surface area contributed by atoms with E-state index in [0.717, 1.165) is 11.1 Å². The maximum Gasteiger partial charge on any atom is 0.358 e. The highest BCUT2D eigenvalue weighted by Crippen LogP contribution is 2.30. The molecule has 0 saturated carbocycles. The molecular weight excluding hydrogens is 268 g/mol. The van der Waals surface area contributed by atoms with E-state index >= 15 is 0 Å². The van der Waals surface area contributed by atoms with E-state index in [2.05, 4.69) is 4.98 Å². The zero-order valence-electron chi connectivity index (χ0n) is 11.7. The van der Waals surface area contributed by atoms with Crippen LogP contribution in [0.1, 0.15) is 21.6 Å². The first-order valence-corrected chi connectivity index (χ1v) is 6.52. The fraction of sp³-hybridized carbons (Fsp3) is 0.125. The predicted molar refractivity (Wildman–Crippen MR) is 78.1 cm³/mol. The van der Waals surface area contributed by atoms with Gasteiger partial charge in [0.05, 0.1) is 0 Å². The minimum atomic E-state index is -1.07. The lowest BCUT2D eigenvalue weighted by molar-refractivity contribution is 0.0686. The van der Waals surface area contributed by atoms with Gasteiger partial charge in [-0.05, 0) is 37.1 Å². The second kappa shape index (κ2) is 4.94. The molecule has 0 amide bonds. The number of carboxylic acids is 1. The second-order valence-electron chi connectivity index (χ2n) is 4.82. The summed E-state index contributed by atoms with van der Waals surface area (Å²) in [4.78, 5) is 15.8. The number of imidazole rings is 1. The lowest BCUT2D eigenvalue weighted by Crippen LogP contribution is -2.04. The van der Waals surface area contributed by atoms with Gasteiger partial charge in [-0.2, -0.15) is 4.98 Å². The van der Waals surface area contributed by atoms with E-state index in [1.165, 1.54) is 4.40 Å². The van der Waals surface area contributed by atoms with Crippen LogP contribution < -0.4 is 4.74 Å². The smallest absolute Gasteiger partial charge is 0.358 e. The van der Waals surface area contributed by atoms with E-state index in [0.29, 0.717) is 11.4 Å². The Morgan fingerprint density at radius 2 is 1.86 bits per heavy atom. The summed E-state index contributed by atoms with van der Waals surface area (Å²) in [5.41, 5.74) is 2.43. The van der Waals surface area contributed by atoms with Crippen molar-refractivity contribution < 1.29 is 14.6 Å². The molecule has 0 unspecified atom stereocenters. The van der Waals surface area contributed by atoms with Gasteiger partial charge in [0, 0.05) is 6.20 Å². The van der Waals surface area contributed by atoms with Crippen LogP contribution >= 0.6 is 0 Å². The number of hydrogen-bond acceptors (Lipinski definition) is 3. The Labute approximate surface area is 121 Å². The zero-order chi connectivity index (χ0) is 15.0. The molecule has 5 heteroatoms. The Balaban J connectivity index is 2.17. The number of hydrogen-bond donors (Lipinski definition) is 1. The normalized spacial score (nSPS) is 10.8. The molecule has 0 aliphatic rings. The standard InChI is InChI=1S/C16H14N2O3/c1-10-6-5-7-11(2)14(10)21-15-13(16(19)20)18-9-4-3-8-12(18)17-15/h3-9H,1-2H3,(H,19,20). The van der Waals surface area contributed by atoms with Crippen molar-refractivity contribution in [2.24, 2.45) is 0 Å². The number of fused-ring (bicyclic) bond motifs is 1. The van der Waals surface area contributed by atoms with Crippen molar-refractivity contribution in [3.05, 3.63) is 59.4 Å². The molecule has 0 spiro atoms. The minimum absolute atomic E-state index is 0.0215. The van der Waals surface area contributed by atoms with Crippen LogP contribution in [0.5, 0.6) is 11.6 Å². The van der Waals surface area contributed by atoms with Crippen molar-refractivity contribution in [3.63, 3.8) is 0 Å². The minimum Gasteiger partial charge on any atom is -0.476 e. The third-order valence-electron chi connectivity index (χ3n) is 3.31. The summed E-state index contributed by atoms with van der Waals surface area (Å²) in [5.74, 6) is -0.329. The molecule has 0 atom stereocenters. The summed E-state index contributed by atoms with van der Waals surface area (Å²) in [6, 6.07) is 11.1. The Morgan fingerprint density at radius 3 is 2.52 bits per heavy atom. The molecule has 0 fully saturated rings. The van der Waals surface area contributed by atoms with E-state index in [4.69, 9.17) is 4.74 Å². The molecule has 2 aromatic heterocycles. The fourth-order valence-electron chi connectivity index (χ4n) is 2.30. The van der Waals surface area contributed by atoms with Crippen molar-refractivity contribution in [1.29, 1.82) is 0 Å². The molecule has 5 nitrogen and oxygen atoms in total. The lowest BCUT2D eigenvalue weighted by Gasteiger charge is -2.09. The number of carboxylic acid groups (broad SMARTS) is 1. The van der Waals surface area contributed by atoms with Crippen molar-refractivity contribution in [2.75, 3.05) is 0 Å². The van der Waals surface area contributed by atoms with Gasteiger partial charge in [0.1, 0.15) is 11.4 Å². The summed E-state index contributed by atoms with van der Waals surface area (Å²) in [7, 11) is 0. The number of nitrogens with zero attached hydrogens (tertiary/aromatic N) is 2. The summed E-state index contributed by atoms with van der Waals surface area (Å²) < 4.78 is 7.31. The van der Waals surface area contributed by atoms with Crippen LogP contribution in [0, 0.1) is 13.8 Å². The monoisotopic (exact) mass is 282 g/mol. The van der Waals surface area contributed by atoms with Crippen LogP contribution in [0.4, 0.5) is 0 Å². The Hall–Kier alpha value is -2.82. The van der Waals surface area contributed by atoms with E-state index in [9.17, 15) is 9.90 Å². The second-order valence-corrected chi connectivity index (χ2v) is 4.82. The van der Waals surface area contributed by atoms with Gasteiger partial charge < -0.3 is 9.84 Å². The molecule has 0 saturated heterocycles. The number of ether oxygens (including phenoxy) is 1. The van der Waals surface area contributed by atoms with Gasteiger partial charge in [-0.25, -0.2) is 4.79 Å². The number of carbonyl (C=O) groups is 1. The molecule has 3 rings (SSSR count). The Kier molecular flexibility index (Phi) is 3.10. The maximum absolute atomic E-state index is 11.5. The van der Waals surface area contributed by atoms with E-state index in [-0.39, 0.29) is 11.6 Å². The topological polar surface area (TPSA) is 63.8 Å².